The molecule has 42 heavy (non-hydrogen) atoms. The van der Waals surface area contributed by atoms with Gasteiger partial charge in [-0.05, 0) is 65.1 Å². The lowest BCUT2D eigenvalue weighted by molar-refractivity contribution is -0.122. The van der Waals surface area contributed by atoms with Crippen molar-refractivity contribution in [3.63, 3.8) is 0 Å². The third-order valence-corrected chi connectivity index (χ3v) is 8.99. The van der Waals surface area contributed by atoms with Crippen molar-refractivity contribution in [3.8, 4) is 0 Å². The lowest BCUT2D eigenvalue weighted by Gasteiger charge is -2.45. The molecule has 1 N–H and O–H groups in total. The van der Waals surface area contributed by atoms with E-state index in [9.17, 15) is 19.2 Å². The van der Waals surface area contributed by atoms with Gasteiger partial charge in [0.05, 0.1) is 23.1 Å². The Morgan fingerprint density at radius 3 is 1.90 bits per heavy atom. The molecule has 0 radical (unpaired) electrons. The molecule has 1 saturated heterocycles. The molecule has 0 aromatic heterocycles. The normalized spacial score (nSPS) is 21.4. The molecule has 1 aliphatic heterocycles. The van der Waals surface area contributed by atoms with Crippen molar-refractivity contribution in [2.24, 2.45) is 11.8 Å². The van der Waals surface area contributed by atoms with Crippen molar-refractivity contribution in [1.82, 2.24) is 0 Å². The van der Waals surface area contributed by atoms with Crippen LogP contribution < -0.4 is 10.2 Å². The van der Waals surface area contributed by atoms with Gasteiger partial charge in [-0.15, -0.1) is 0 Å². The van der Waals surface area contributed by atoms with Crippen LogP contribution in [0.1, 0.15) is 50.0 Å². The lowest BCUT2D eigenvalue weighted by Crippen LogP contribution is -2.41. The number of ether oxygens (including phenoxy) is 1. The number of carbonyl (C=O) groups excluding carboxylic acids is 4. The number of rotatable bonds is 5. The van der Waals surface area contributed by atoms with E-state index in [1.54, 1.807) is 30.3 Å². The molecule has 3 amide bonds. The predicted molar refractivity (Wildman–Crippen MR) is 158 cm³/mol. The number of carbonyl (C=O) groups is 4. The van der Waals surface area contributed by atoms with Crippen molar-refractivity contribution >= 4 is 46.7 Å². The molecular weight excluding hydrogens is 552 g/mol. The van der Waals surface area contributed by atoms with E-state index in [4.69, 9.17) is 16.3 Å². The number of aryl methyl sites for hydroxylation is 1. The molecule has 208 valence electrons. The number of esters is 1. The molecule has 4 aromatic carbocycles. The molecule has 4 aliphatic rings. The fourth-order valence-corrected chi connectivity index (χ4v) is 6.97. The van der Waals surface area contributed by atoms with E-state index < -0.39 is 30.3 Å². The van der Waals surface area contributed by atoms with E-state index in [2.05, 4.69) is 29.6 Å². The van der Waals surface area contributed by atoms with Gasteiger partial charge in [-0.25, -0.2) is 9.69 Å². The van der Waals surface area contributed by atoms with E-state index >= 15 is 0 Å². The van der Waals surface area contributed by atoms with Crippen LogP contribution >= 0.6 is 11.6 Å². The van der Waals surface area contributed by atoms with Crippen molar-refractivity contribution in [3.05, 3.63) is 129 Å². The number of amides is 3. The Morgan fingerprint density at radius 1 is 0.786 bits per heavy atom. The number of nitrogens with zero attached hydrogens (tertiary/aromatic N) is 1. The molecule has 1 fully saturated rings. The standard InChI is InChI=1S/C34H25ClN2O5/c1-18-13-14-20(16-26(18)35)36-27(38)17-42-34(41)19-7-6-8-21(15-19)37-32(39)30-28-22-9-2-3-10-23(22)29(31(30)33(37)40)25-12-5-4-11-24(25)28/h2-16,28-31H,17H2,1H3,(H,36,38)/t28?,29?,30-,31-/m0/s1. The van der Waals surface area contributed by atoms with Gasteiger partial charge in [0.2, 0.25) is 11.8 Å². The van der Waals surface area contributed by atoms with Crippen LogP contribution in [0.25, 0.3) is 0 Å². The lowest BCUT2D eigenvalue weighted by atomic mass is 9.55. The quantitative estimate of drug-likeness (QED) is 0.238. The number of hydrogen-bond acceptors (Lipinski definition) is 5. The van der Waals surface area contributed by atoms with Crippen LogP contribution in [0.4, 0.5) is 11.4 Å². The first kappa shape index (κ1) is 26.2. The van der Waals surface area contributed by atoms with Crippen LogP contribution in [0, 0.1) is 18.8 Å². The first-order valence-corrected chi connectivity index (χ1v) is 14.1. The van der Waals surface area contributed by atoms with E-state index in [-0.39, 0.29) is 29.2 Å². The Bertz CT molecular complexity index is 1700. The van der Waals surface area contributed by atoms with Crippen LogP contribution in [0.3, 0.4) is 0 Å². The summed E-state index contributed by atoms with van der Waals surface area (Å²) in [7, 11) is 0. The maximum absolute atomic E-state index is 14.0. The average molecular weight is 577 g/mol. The van der Waals surface area contributed by atoms with E-state index in [1.165, 1.54) is 17.0 Å². The summed E-state index contributed by atoms with van der Waals surface area (Å²) in [5.41, 5.74) is 6.16. The van der Waals surface area contributed by atoms with Crippen LogP contribution in [-0.4, -0.2) is 30.3 Å². The highest BCUT2D eigenvalue weighted by atomic mass is 35.5. The largest absolute Gasteiger partial charge is 0.452 e. The highest BCUT2D eigenvalue weighted by molar-refractivity contribution is 6.31. The summed E-state index contributed by atoms with van der Waals surface area (Å²) in [4.78, 5) is 54.5. The van der Waals surface area contributed by atoms with Gasteiger partial charge in [-0.3, -0.25) is 14.4 Å². The number of hydrogen-bond donors (Lipinski definition) is 1. The highest BCUT2D eigenvalue weighted by Gasteiger charge is 2.61. The SMILES string of the molecule is Cc1ccc(NC(=O)COC(=O)c2cccc(N3C(=O)[C@H]4C5c6ccccc6C(c6ccccc65)[C@@H]4C3=O)c2)cc1Cl. The topological polar surface area (TPSA) is 92.8 Å². The van der Waals surface area contributed by atoms with Gasteiger partial charge in [-0.1, -0.05) is 72.3 Å². The second kappa shape index (κ2) is 9.96. The second-order valence-corrected chi connectivity index (χ2v) is 11.3. The Hall–Kier alpha value is -4.75. The molecule has 2 bridgehead atoms. The third kappa shape index (κ3) is 4.03. The molecule has 0 spiro atoms. The molecule has 7 nitrogen and oxygen atoms in total. The molecule has 3 aliphatic carbocycles. The predicted octanol–water partition coefficient (Wildman–Crippen LogP) is 5.84. The van der Waals surface area contributed by atoms with Crippen LogP contribution in [0.5, 0.6) is 0 Å². The zero-order valence-electron chi connectivity index (χ0n) is 22.5. The minimum atomic E-state index is -0.745. The number of nitrogens with one attached hydrogen (secondary N) is 1. The van der Waals surface area contributed by atoms with Crippen molar-refractivity contribution < 1.29 is 23.9 Å². The molecule has 4 aromatic rings. The molecule has 2 atom stereocenters. The number of benzene rings is 4. The first-order chi connectivity index (χ1) is 20.3. The molecule has 8 heteroatoms. The van der Waals surface area contributed by atoms with Crippen LogP contribution in [-0.2, 0) is 19.1 Å². The van der Waals surface area contributed by atoms with E-state index in [0.29, 0.717) is 16.4 Å². The fraction of sp³-hybridized carbons (Fsp3) is 0.176. The maximum atomic E-state index is 14.0. The molecule has 1 heterocycles. The molecule has 0 saturated carbocycles. The highest BCUT2D eigenvalue weighted by Crippen LogP contribution is 2.61. The summed E-state index contributed by atoms with van der Waals surface area (Å²) in [6.07, 6.45) is 0. The van der Waals surface area contributed by atoms with Gasteiger partial charge < -0.3 is 10.1 Å². The fourth-order valence-electron chi connectivity index (χ4n) is 6.79. The van der Waals surface area contributed by atoms with Gasteiger partial charge in [0, 0.05) is 22.5 Å². The molecule has 0 unspecified atom stereocenters. The third-order valence-electron chi connectivity index (χ3n) is 8.58. The Morgan fingerprint density at radius 2 is 1.36 bits per heavy atom. The minimum absolute atomic E-state index is 0.128. The summed E-state index contributed by atoms with van der Waals surface area (Å²) in [6, 6.07) is 27.4. The van der Waals surface area contributed by atoms with E-state index in [0.717, 1.165) is 27.8 Å². The van der Waals surface area contributed by atoms with E-state index in [1.807, 2.05) is 31.2 Å². The van der Waals surface area contributed by atoms with Gasteiger partial charge in [-0.2, -0.15) is 0 Å². The summed E-state index contributed by atoms with van der Waals surface area (Å²) < 4.78 is 5.24. The average Bonchev–Trinajstić information content (AvgIpc) is 3.27. The van der Waals surface area contributed by atoms with Gasteiger partial charge in [0.15, 0.2) is 6.61 Å². The Labute approximate surface area is 247 Å². The summed E-state index contributed by atoms with van der Waals surface area (Å²) in [6.45, 7) is 1.34. The Balaban J connectivity index is 1.12. The summed E-state index contributed by atoms with van der Waals surface area (Å²) >= 11 is 6.11. The Kier molecular flexibility index (Phi) is 6.21. The zero-order chi connectivity index (χ0) is 29.1. The second-order valence-electron chi connectivity index (χ2n) is 10.9. The number of halogens is 1. The van der Waals surface area contributed by atoms with Crippen LogP contribution in [0.15, 0.2) is 91.0 Å². The number of imide groups is 1. The monoisotopic (exact) mass is 576 g/mol. The van der Waals surface area contributed by atoms with Crippen molar-refractivity contribution in [2.75, 3.05) is 16.8 Å². The number of anilines is 2. The smallest absolute Gasteiger partial charge is 0.338 e. The molecule has 8 rings (SSSR count). The minimum Gasteiger partial charge on any atom is -0.452 e. The summed E-state index contributed by atoms with van der Waals surface area (Å²) in [5, 5.41) is 3.15. The maximum Gasteiger partial charge on any atom is 0.338 e. The van der Waals surface area contributed by atoms with Gasteiger partial charge in [0.1, 0.15) is 0 Å². The van der Waals surface area contributed by atoms with Crippen LogP contribution in [0.2, 0.25) is 5.02 Å². The van der Waals surface area contributed by atoms with Crippen molar-refractivity contribution in [1.29, 1.82) is 0 Å². The van der Waals surface area contributed by atoms with Crippen molar-refractivity contribution in [2.45, 2.75) is 18.8 Å². The molecular formula is C34H25ClN2O5. The first-order valence-electron chi connectivity index (χ1n) is 13.7. The summed E-state index contributed by atoms with van der Waals surface area (Å²) in [5.74, 6) is -3.30. The zero-order valence-corrected chi connectivity index (χ0v) is 23.3. The van der Waals surface area contributed by atoms with Gasteiger partial charge in [0.25, 0.3) is 5.91 Å². The van der Waals surface area contributed by atoms with Gasteiger partial charge >= 0.3 is 5.97 Å².